The summed E-state index contributed by atoms with van der Waals surface area (Å²) in [5, 5.41) is 10.7. The maximum atomic E-state index is 12.2. The molecule has 1 N–H and O–H groups in total. The number of rotatable bonds is 10. The Morgan fingerprint density at radius 1 is 1.23 bits per heavy atom. The molecule has 1 heterocycles. The number of nitrogens with zero attached hydrogens (tertiary/aromatic N) is 2. The molecule has 0 aromatic rings. The van der Waals surface area contributed by atoms with Gasteiger partial charge >= 0.3 is 0 Å². The molecule has 0 bridgehead atoms. The predicted molar refractivity (Wildman–Crippen MR) is 91.9 cm³/mol. The number of amides is 1. The highest BCUT2D eigenvalue weighted by Crippen LogP contribution is 2.27. The Labute approximate surface area is 136 Å². The standard InChI is InChI=1S/C18H36N2O2/c1-5-11-19(12-6-2)13-8-9-18(22)10-14-20(15-18)17(21)16(4)7-3/h16,22H,5-15H2,1-4H3. The maximum Gasteiger partial charge on any atom is 0.225 e. The van der Waals surface area contributed by atoms with Crippen LogP contribution < -0.4 is 0 Å². The molecule has 22 heavy (non-hydrogen) atoms. The van der Waals surface area contributed by atoms with E-state index in [0.29, 0.717) is 13.1 Å². The molecule has 130 valence electrons. The van der Waals surface area contributed by atoms with Gasteiger partial charge in [-0.25, -0.2) is 0 Å². The van der Waals surface area contributed by atoms with Crippen LogP contribution in [0.25, 0.3) is 0 Å². The number of hydrogen-bond donors (Lipinski definition) is 1. The van der Waals surface area contributed by atoms with Crippen molar-refractivity contribution >= 4 is 5.91 Å². The van der Waals surface area contributed by atoms with Gasteiger partial charge < -0.3 is 14.9 Å². The highest BCUT2D eigenvalue weighted by molar-refractivity contribution is 5.78. The van der Waals surface area contributed by atoms with Crippen LogP contribution >= 0.6 is 0 Å². The van der Waals surface area contributed by atoms with Gasteiger partial charge in [0.1, 0.15) is 0 Å². The van der Waals surface area contributed by atoms with Crippen LogP contribution in [0.4, 0.5) is 0 Å². The third kappa shape index (κ3) is 5.88. The number of carbonyl (C=O) groups excluding carboxylic acids is 1. The third-order valence-corrected chi connectivity index (χ3v) is 4.87. The van der Waals surface area contributed by atoms with Gasteiger partial charge in [0.25, 0.3) is 0 Å². The molecule has 4 nitrogen and oxygen atoms in total. The van der Waals surface area contributed by atoms with Crippen molar-refractivity contribution in [3.8, 4) is 0 Å². The molecule has 0 aromatic heterocycles. The summed E-state index contributed by atoms with van der Waals surface area (Å²) in [4.78, 5) is 16.6. The lowest BCUT2D eigenvalue weighted by atomic mass is 9.96. The summed E-state index contributed by atoms with van der Waals surface area (Å²) in [5.41, 5.74) is -0.660. The summed E-state index contributed by atoms with van der Waals surface area (Å²) in [5.74, 6) is 0.281. The molecule has 0 aliphatic carbocycles. The zero-order chi connectivity index (χ0) is 16.6. The number of carbonyl (C=O) groups is 1. The second kappa shape index (κ2) is 9.51. The quantitative estimate of drug-likeness (QED) is 0.674. The van der Waals surface area contributed by atoms with Crippen LogP contribution in [0.3, 0.4) is 0 Å². The smallest absolute Gasteiger partial charge is 0.225 e. The fraction of sp³-hybridized carbons (Fsp3) is 0.944. The van der Waals surface area contributed by atoms with Crippen molar-refractivity contribution in [3.63, 3.8) is 0 Å². The molecule has 2 unspecified atom stereocenters. The van der Waals surface area contributed by atoms with Gasteiger partial charge in [0, 0.05) is 19.0 Å². The molecule has 1 amide bonds. The Kier molecular flexibility index (Phi) is 8.40. The van der Waals surface area contributed by atoms with E-state index >= 15 is 0 Å². The van der Waals surface area contributed by atoms with Crippen molar-refractivity contribution in [3.05, 3.63) is 0 Å². The molecule has 1 saturated heterocycles. The first kappa shape index (κ1) is 19.4. The van der Waals surface area contributed by atoms with Crippen molar-refractivity contribution in [2.75, 3.05) is 32.7 Å². The maximum absolute atomic E-state index is 12.2. The van der Waals surface area contributed by atoms with Crippen molar-refractivity contribution in [1.29, 1.82) is 0 Å². The Morgan fingerprint density at radius 2 is 1.86 bits per heavy atom. The van der Waals surface area contributed by atoms with Gasteiger partial charge in [-0.1, -0.05) is 27.7 Å². The van der Waals surface area contributed by atoms with Crippen LogP contribution in [0, 0.1) is 5.92 Å². The molecule has 4 heteroatoms. The van der Waals surface area contributed by atoms with Gasteiger partial charge in [0.2, 0.25) is 5.91 Å². The normalized spacial score (nSPS) is 23.3. The van der Waals surface area contributed by atoms with Crippen molar-refractivity contribution in [2.45, 2.75) is 71.8 Å². The molecule has 1 aliphatic heterocycles. The van der Waals surface area contributed by atoms with Gasteiger partial charge in [-0.15, -0.1) is 0 Å². The number of β-amino-alcohol motifs (C(OH)–C–C–N with tert-alkyl or cyclic N) is 1. The first-order chi connectivity index (χ1) is 10.5. The zero-order valence-corrected chi connectivity index (χ0v) is 15.1. The van der Waals surface area contributed by atoms with E-state index in [-0.39, 0.29) is 11.8 Å². The summed E-state index contributed by atoms with van der Waals surface area (Å²) < 4.78 is 0. The van der Waals surface area contributed by atoms with Crippen LogP contribution in [-0.4, -0.2) is 59.1 Å². The highest BCUT2D eigenvalue weighted by atomic mass is 16.3. The van der Waals surface area contributed by atoms with E-state index in [1.807, 2.05) is 18.7 Å². The molecular weight excluding hydrogens is 276 g/mol. The Hall–Kier alpha value is -0.610. The molecule has 2 atom stereocenters. The minimum Gasteiger partial charge on any atom is -0.388 e. The lowest BCUT2D eigenvalue weighted by Gasteiger charge is -2.27. The fourth-order valence-corrected chi connectivity index (χ4v) is 3.33. The van der Waals surface area contributed by atoms with Gasteiger partial charge in [-0.2, -0.15) is 0 Å². The number of likely N-dealkylation sites (tertiary alicyclic amines) is 1. The van der Waals surface area contributed by atoms with E-state index < -0.39 is 5.60 Å². The molecule has 0 radical (unpaired) electrons. The van der Waals surface area contributed by atoms with Crippen LogP contribution in [0.5, 0.6) is 0 Å². The summed E-state index contributed by atoms with van der Waals surface area (Å²) in [6.45, 7) is 13.0. The highest BCUT2D eigenvalue weighted by Gasteiger charge is 2.38. The first-order valence-corrected chi connectivity index (χ1v) is 9.19. The van der Waals surface area contributed by atoms with Gasteiger partial charge in [-0.3, -0.25) is 4.79 Å². The van der Waals surface area contributed by atoms with Crippen LogP contribution in [0.15, 0.2) is 0 Å². The monoisotopic (exact) mass is 312 g/mol. The number of hydrogen-bond acceptors (Lipinski definition) is 3. The second-order valence-corrected chi connectivity index (χ2v) is 6.99. The minimum atomic E-state index is -0.660. The molecule has 1 aliphatic rings. The summed E-state index contributed by atoms with van der Waals surface area (Å²) in [6, 6.07) is 0. The minimum absolute atomic E-state index is 0.0759. The van der Waals surface area contributed by atoms with Crippen LogP contribution in [0.2, 0.25) is 0 Å². The molecular formula is C18H36N2O2. The summed E-state index contributed by atoms with van der Waals surface area (Å²) >= 11 is 0. The molecule has 1 fully saturated rings. The largest absolute Gasteiger partial charge is 0.388 e. The van der Waals surface area contributed by atoms with E-state index in [2.05, 4.69) is 18.7 Å². The predicted octanol–water partition coefficient (Wildman–Crippen LogP) is 2.90. The lowest BCUT2D eigenvalue weighted by Crippen LogP contribution is -2.38. The molecule has 0 saturated carbocycles. The zero-order valence-electron chi connectivity index (χ0n) is 15.1. The van der Waals surface area contributed by atoms with E-state index in [9.17, 15) is 9.90 Å². The van der Waals surface area contributed by atoms with E-state index in [0.717, 1.165) is 45.3 Å². The van der Waals surface area contributed by atoms with Crippen molar-refractivity contribution in [1.82, 2.24) is 9.80 Å². The molecule has 1 rings (SSSR count). The first-order valence-electron chi connectivity index (χ1n) is 9.19. The van der Waals surface area contributed by atoms with Gasteiger partial charge in [-0.05, 0) is 58.2 Å². The van der Waals surface area contributed by atoms with Crippen LogP contribution in [-0.2, 0) is 4.79 Å². The Balaban J connectivity index is 2.38. The van der Waals surface area contributed by atoms with Crippen molar-refractivity contribution < 1.29 is 9.90 Å². The van der Waals surface area contributed by atoms with E-state index in [1.165, 1.54) is 12.8 Å². The van der Waals surface area contributed by atoms with E-state index in [4.69, 9.17) is 0 Å². The Morgan fingerprint density at radius 3 is 2.41 bits per heavy atom. The molecule has 0 spiro atoms. The summed E-state index contributed by atoms with van der Waals surface area (Å²) in [7, 11) is 0. The Bertz CT molecular complexity index is 329. The summed E-state index contributed by atoms with van der Waals surface area (Å²) in [6.07, 6.45) is 5.79. The average Bonchev–Trinajstić information content (AvgIpc) is 2.88. The topological polar surface area (TPSA) is 43.8 Å². The van der Waals surface area contributed by atoms with E-state index in [1.54, 1.807) is 0 Å². The van der Waals surface area contributed by atoms with Crippen molar-refractivity contribution in [2.24, 2.45) is 5.92 Å². The fourth-order valence-electron chi connectivity index (χ4n) is 3.33. The molecule has 0 aromatic carbocycles. The van der Waals surface area contributed by atoms with Crippen LogP contribution in [0.1, 0.15) is 66.2 Å². The van der Waals surface area contributed by atoms with Gasteiger partial charge in [0.15, 0.2) is 0 Å². The average molecular weight is 312 g/mol. The second-order valence-electron chi connectivity index (χ2n) is 6.99. The SMILES string of the molecule is CCCN(CCC)CCCC1(O)CCN(C(=O)C(C)CC)C1. The number of aliphatic hydroxyl groups is 1. The lowest BCUT2D eigenvalue weighted by molar-refractivity contribution is -0.135. The van der Waals surface area contributed by atoms with Gasteiger partial charge in [0.05, 0.1) is 5.60 Å². The third-order valence-electron chi connectivity index (χ3n) is 4.87.